The molecule has 1 amide bonds. The second-order valence-electron chi connectivity index (χ2n) is 5.40. The van der Waals surface area contributed by atoms with Crippen LogP contribution in [0, 0.1) is 0 Å². The molecule has 2 rings (SSSR count). The number of pyridine rings is 1. The van der Waals surface area contributed by atoms with Crippen LogP contribution < -0.4 is 5.32 Å². The van der Waals surface area contributed by atoms with Gasteiger partial charge in [0.05, 0.1) is 6.04 Å². The van der Waals surface area contributed by atoms with Crippen molar-refractivity contribution in [3.63, 3.8) is 0 Å². The fourth-order valence-corrected chi connectivity index (χ4v) is 2.34. The lowest BCUT2D eigenvalue weighted by Gasteiger charge is -2.13. The van der Waals surface area contributed by atoms with E-state index in [1.165, 1.54) is 13.1 Å². The Bertz CT molecular complexity index is 723. The number of nitrogens with one attached hydrogen (secondary N) is 1. The highest BCUT2D eigenvalue weighted by Crippen LogP contribution is 2.16. The standard InChI is InChI=1S/C18H18N2O3/c1-12(20-13(2)22)16-5-3-14(4-6-16)7-15-8-17(10-19-9-15)18(23)11-21/h3-6,8-12H,7H2,1-2H3,(H,20,22). The van der Waals surface area contributed by atoms with Gasteiger partial charge in [0.25, 0.3) is 0 Å². The van der Waals surface area contributed by atoms with E-state index in [4.69, 9.17) is 0 Å². The van der Waals surface area contributed by atoms with E-state index in [-0.39, 0.29) is 11.9 Å². The highest BCUT2D eigenvalue weighted by molar-refractivity contribution is 6.33. The van der Waals surface area contributed by atoms with Crippen LogP contribution >= 0.6 is 0 Å². The quantitative estimate of drug-likeness (QED) is 0.504. The lowest BCUT2D eigenvalue weighted by molar-refractivity contribution is -0.119. The maximum absolute atomic E-state index is 11.4. The van der Waals surface area contributed by atoms with Crippen LogP contribution in [0.5, 0.6) is 0 Å². The Morgan fingerprint density at radius 3 is 2.48 bits per heavy atom. The van der Waals surface area contributed by atoms with Gasteiger partial charge in [-0.25, -0.2) is 0 Å². The van der Waals surface area contributed by atoms with Crippen molar-refractivity contribution < 1.29 is 14.4 Å². The number of benzene rings is 1. The summed E-state index contributed by atoms with van der Waals surface area (Å²) in [6.45, 7) is 3.42. The summed E-state index contributed by atoms with van der Waals surface area (Å²) in [5, 5.41) is 2.84. The predicted octanol–water partition coefficient (Wildman–Crippen LogP) is 2.25. The van der Waals surface area contributed by atoms with Gasteiger partial charge in [0.1, 0.15) is 0 Å². The van der Waals surface area contributed by atoms with Crippen LogP contribution in [0.3, 0.4) is 0 Å². The van der Waals surface area contributed by atoms with E-state index in [9.17, 15) is 14.4 Å². The molecular formula is C18H18N2O3. The van der Waals surface area contributed by atoms with Gasteiger partial charge in [0, 0.05) is 24.9 Å². The maximum Gasteiger partial charge on any atom is 0.226 e. The van der Waals surface area contributed by atoms with Gasteiger partial charge in [-0.15, -0.1) is 0 Å². The Balaban J connectivity index is 2.10. The third kappa shape index (κ3) is 4.57. The summed E-state index contributed by atoms with van der Waals surface area (Å²) in [6, 6.07) is 9.51. The van der Waals surface area contributed by atoms with Crippen LogP contribution in [0.25, 0.3) is 0 Å². The van der Waals surface area contributed by atoms with Gasteiger partial charge in [0.2, 0.25) is 11.7 Å². The van der Waals surface area contributed by atoms with Crippen LogP contribution in [-0.4, -0.2) is 23.0 Å². The molecule has 0 radical (unpaired) electrons. The summed E-state index contributed by atoms with van der Waals surface area (Å²) in [6.07, 6.45) is 3.97. The van der Waals surface area contributed by atoms with Crippen molar-refractivity contribution in [1.82, 2.24) is 10.3 Å². The van der Waals surface area contributed by atoms with Crippen LogP contribution in [0.2, 0.25) is 0 Å². The molecule has 0 saturated carbocycles. The molecule has 23 heavy (non-hydrogen) atoms. The first-order valence-corrected chi connectivity index (χ1v) is 7.29. The fraction of sp³-hybridized carbons (Fsp3) is 0.222. The van der Waals surface area contributed by atoms with Gasteiger partial charge in [-0.3, -0.25) is 19.4 Å². The molecular weight excluding hydrogens is 292 g/mol. The van der Waals surface area contributed by atoms with Crippen molar-refractivity contribution in [2.24, 2.45) is 0 Å². The number of aldehydes is 1. The van der Waals surface area contributed by atoms with Gasteiger partial charge in [-0.2, -0.15) is 0 Å². The fourth-order valence-electron chi connectivity index (χ4n) is 2.34. The van der Waals surface area contributed by atoms with Gasteiger partial charge in [-0.1, -0.05) is 24.3 Å². The Morgan fingerprint density at radius 1 is 1.17 bits per heavy atom. The van der Waals surface area contributed by atoms with Crippen LogP contribution in [-0.2, 0) is 16.0 Å². The molecule has 0 spiro atoms. The zero-order chi connectivity index (χ0) is 16.8. The number of carbonyl (C=O) groups is 3. The van der Waals surface area contributed by atoms with Crippen molar-refractivity contribution in [2.75, 3.05) is 0 Å². The summed E-state index contributed by atoms with van der Waals surface area (Å²) in [4.78, 5) is 37.0. The average molecular weight is 310 g/mol. The Kier molecular flexibility index (Phi) is 5.36. The molecule has 1 N–H and O–H groups in total. The normalized spacial score (nSPS) is 11.6. The number of amides is 1. The van der Waals surface area contributed by atoms with Gasteiger partial charge < -0.3 is 5.32 Å². The number of Topliss-reactive ketones (excluding diaryl/α,β-unsaturated/α-hetero) is 1. The molecule has 1 aromatic carbocycles. The number of ketones is 1. The number of hydrogen-bond donors (Lipinski definition) is 1. The number of rotatable bonds is 6. The summed E-state index contributed by atoms with van der Waals surface area (Å²) >= 11 is 0. The monoisotopic (exact) mass is 310 g/mol. The molecule has 1 heterocycles. The zero-order valence-electron chi connectivity index (χ0n) is 13.1. The lowest BCUT2D eigenvalue weighted by atomic mass is 10.0. The number of carbonyl (C=O) groups excluding carboxylic acids is 3. The molecule has 0 fully saturated rings. The average Bonchev–Trinajstić information content (AvgIpc) is 2.54. The lowest BCUT2D eigenvalue weighted by Crippen LogP contribution is -2.23. The van der Waals surface area contributed by atoms with E-state index >= 15 is 0 Å². The molecule has 2 aromatic rings. The largest absolute Gasteiger partial charge is 0.350 e. The maximum atomic E-state index is 11.4. The smallest absolute Gasteiger partial charge is 0.226 e. The van der Waals surface area contributed by atoms with E-state index in [2.05, 4.69) is 10.3 Å². The molecule has 5 heteroatoms. The van der Waals surface area contributed by atoms with Gasteiger partial charge in [-0.05, 0) is 36.1 Å². The van der Waals surface area contributed by atoms with Crippen molar-refractivity contribution in [2.45, 2.75) is 26.3 Å². The molecule has 118 valence electrons. The Labute approximate surface area is 134 Å². The summed E-state index contributed by atoms with van der Waals surface area (Å²) in [7, 11) is 0. The molecule has 0 bridgehead atoms. The van der Waals surface area contributed by atoms with E-state index in [1.54, 1.807) is 12.3 Å². The Morgan fingerprint density at radius 2 is 1.87 bits per heavy atom. The molecule has 0 aliphatic heterocycles. The molecule has 0 aliphatic rings. The van der Waals surface area contributed by atoms with Crippen LogP contribution in [0.15, 0.2) is 42.7 Å². The molecule has 0 aliphatic carbocycles. The van der Waals surface area contributed by atoms with E-state index in [1.807, 2.05) is 31.2 Å². The van der Waals surface area contributed by atoms with Crippen molar-refractivity contribution in [1.29, 1.82) is 0 Å². The molecule has 1 unspecified atom stereocenters. The highest BCUT2D eigenvalue weighted by atomic mass is 16.2. The van der Waals surface area contributed by atoms with Crippen molar-refractivity contribution in [3.8, 4) is 0 Å². The Hall–Kier alpha value is -2.82. The second-order valence-corrected chi connectivity index (χ2v) is 5.40. The summed E-state index contributed by atoms with van der Waals surface area (Å²) in [5.74, 6) is -0.636. The van der Waals surface area contributed by atoms with Gasteiger partial charge in [0.15, 0.2) is 6.29 Å². The number of hydrogen-bond acceptors (Lipinski definition) is 4. The number of nitrogens with zero attached hydrogens (tertiary/aromatic N) is 1. The highest BCUT2D eigenvalue weighted by Gasteiger charge is 2.08. The second kappa shape index (κ2) is 7.45. The third-order valence-corrected chi connectivity index (χ3v) is 3.49. The van der Waals surface area contributed by atoms with Gasteiger partial charge >= 0.3 is 0 Å². The number of aromatic nitrogens is 1. The topological polar surface area (TPSA) is 76.1 Å². The minimum Gasteiger partial charge on any atom is -0.350 e. The molecule has 1 atom stereocenters. The zero-order valence-corrected chi connectivity index (χ0v) is 13.1. The molecule has 5 nitrogen and oxygen atoms in total. The van der Waals surface area contributed by atoms with Crippen LogP contribution in [0.4, 0.5) is 0 Å². The van der Waals surface area contributed by atoms with Crippen molar-refractivity contribution >= 4 is 18.0 Å². The SMILES string of the molecule is CC(=O)NC(C)c1ccc(Cc2cncc(C(=O)C=O)c2)cc1. The first-order chi connectivity index (χ1) is 11.0. The van der Waals surface area contributed by atoms with E-state index < -0.39 is 5.78 Å². The predicted molar refractivity (Wildman–Crippen MR) is 86.1 cm³/mol. The van der Waals surface area contributed by atoms with E-state index in [0.29, 0.717) is 18.3 Å². The summed E-state index contributed by atoms with van der Waals surface area (Å²) < 4.78 is 0. The summed E-state index contributed by atoms with van der Waals surface area (Å²) in [5.41, 5.74) is 3.24. The molecule has 0 saturated heterocycles. The van der Waals surface area contributed by atoms with E-state index in [0.717, 1.165) is 16.7 Å². The third-order valence-electron chi connectivity index (χ3n) is 3.49. The minimum atomic E-state index is -0.571. The van der Waals surface area contributed by atoms with Crippen molar-refractivity contribution in [3.05, 3.63) is 65.0 Å². The first kappa shape index (κ1) is 16.5. The minimum absolute atomic E-state index is 0.0447. The van der Waals surface area contributed by atoms with Crippen LogP contribution in [0.1, 0.15) is 46.9 Å². The molecule has 1 aromatic heterocycles. The first-order valence-electron chi connectivity index (χ1n) is 7.29.